The molecule has 4 N–H and O–H groups in total. The van der Waals surface area contributed by atoms with Crippen LogP contribution in [0.1, 0.15) is 0 Å². The summed E-state index contributed by atoms with van der Waals surface area (Å²) in [4.78, 5) is 15.3. The van der Waals surface area contributed by atoms with Crippen molar-refractivity contribution in [2.24, 2.45) is 0 Å². The summed E-state index contributed by atoms with van der Waals surface area (Å²) in [5.41, 5.74) is 0. The van der Waals surface area contributed by atoms with E-state index in [2.05, 4.69) is 24.9 Å². The second-order valence-corrected chi connectivity index (χ2v) is 2.00. The highest BCUT2D eigenvalue weighted by Gasteiger charge is 1.99. The topological polar surface area (TPSA) is 128 Å². The summed E-state index contributed by atoms with van der Waals surface area (Å²) in [6.07, 6.45) is 5.08. The number of imidazole rings is 1. The van der Waals surface area contributed by atoms with Gasteiger partial charge in [0, 0.05) is 12.4 Å². The Hall–Kier alpha value is -2.38. The maximum Gasteiger partial charge on any atom is 0.323 e. The van der Waals surface area contributed by atoms with Crippen molar-refractivity contribution in [3.8, 4) is 18.0 Å². The molecule has 0 aliphatic heterocycles. The molecule has 2 rings (SSSR count). The van der Waals surface area contributed by atoms with E-state index >= 15 is 0 Å². The van der Waals surface area contributed by atoms with E-state index in [-0.39, 0.29) is 0 Å². The van der Waals surface area contributed by atoms with E-state index in [0.717, 1.165) is 0 Å². The largest absolute Gasteiger partial charge is 0.479 e. The van der Waals surface area contributed by atoms with Gasteiger partial charge in [-0.2, -0.15) is 0 Å². The van der Waals surface area contributed by atoms with E-state index in [4.69, 9.17) is 15.3 Å². The third-order valence-corrected chi connectivity index (χ3v) is 1.01. The van der Waals surface area contributed by atoms with Gasteiger partial charge < -0.3 is 20.3 Å². The van der Waals surface area contributed by atoms with E-state index in [1.807, 2.05) is 0 Å². The molecule has 74 valence electrons. The monoisotopic (exact) mass is 197 g/mol. The number of aromatic amines is 1. The summed E-state index contributed by atoms with van der Waals surface area (Å²) < 4.78 is 0. The third kappa shape index (κ3) is 3.34. The average molecular weight is 197 g/mol. The Morgan fingerprint density at radius 1 is 0.929 bits per heavy atom. The Labute approximate surface area is 78.0 Å². The zero-order valence-electron chi connectivity index (χ0n) is 6.86. The number of aromatic nitrogens is 5. The van der Waals surface area contributed by atoms with Crippen LogP contribution in [0.5, 0.6) is 18.0 Å². The lowest BCUT2D eigenvalue weighted by Crippen LogP contribution is -1.85. The van der Waals surface area contributed by atoms with Crippen LogP contribution in [-0.2, 0) is 0 Å². The number of aromatic hydroxyl groups is 3. The van der Waals surface area contributed by atoms with Gasteiger partial charge in [0.15, 0.2) is 0 Å². The molecule has 0 aromatic carbocycles. The van der Waals surface area contributed by atoms with Crippen molar-refractivity contribution in [3.05, 3.63) is 18.7 Å². The molecule has 14 heavy (non-hydrogen) atoms. The number of nitrogens with zero attached hydrogens (tertiary/aromatic N) is 4. The predicted octanol–water partition coefficient (Wildman–Crippen LogP) is -0.602. The first-order valence-corrected chi connectivity index (χ1v) is 3.44. The quantitative estimate of drug-likeness (QED) is 0.443. The maximum absolute atomic E-state index is 8.41. The molecule has 0 unspecified atom stereocenters. The van der Waals surface area contributed by atoms with Crippen LogP contribution in [0, 0.1) is 0 Å². The van der Waals surface area contributed by atoms with Crippen molar-refractivity contribution >= 4 is 0 Å². The average Bonchev–Trinajstić information content (AvgIpc) is 2.56. The van der Waals surface area contributed by atoms with E-state index in [1.165, 1.54) is 0 Å². The van der Waals surface area contributed by atoms with Crippen LogP contribution in [-0.4, -0.2) is 40.2 Å². The van der Waals surface area contributed by atoms with Crippen molar-refractivity contribution in [1.29, 1.82) is 0 Å². The van der Waals surface area contributed by atoms with Gasteiger partial charge in [0.05, 0.1) is 6.33 Å². The summed E-state index contributed by atoms with van der Waals surface area (Å²) in [5, 5.41) is 25.2. The summed E-state index contributed by atoms with van der Waals surface area (Å²) in [6, 6.07) is -2.12. The lowest BCUT2D eigenvalue weighted by molar-refractivity contribution is 0.344. The molecule has 0 fully saturated rings. The first-order chi connectivity index (χ1) is 6.68. The molecule has 8 nitrogen and oxygen atoms in total. The minimum Gasteiger partial charge on any atom is -0.479 e. The molecule has 8 heteroatoms. The molecular formula is C6H7N5O3. The van der Waals surface area contributed by atoms with Gasteiger partial charge in [0.2, 0.25) is 0 Å². The second-order valence-electron chi connectivity index (χ2n) is 2.00. The second kappa shape index (κ2) is 4.60. The number of hydrogen-bond donors (Lipinski definition) is 4. The van der Waals surface area contributed by atoms with Gasteiger partial charge in [0.1, 0.15) is 0 Å². The van der Waals surface area contributed by atoms with Gasteiger partial charge in [-0.15, -0.1) is 15.0 Å². The predicted molar refractivity (Wildman–Crippen MR) is 43.4 cm³/mol. The summed E-state index contributed by atoms with van der Waals surface area (Å²) in [5.74, 6) is 0. The smallest absolute Gasteiger partial charge is 0.323 e. The normalized spacial score (nSPS) is 8.86. The number of nitrogens with one attached hydrogen (secondary N) is 1. The number of rotatable bonds is 0. The molecular weight excluding hydrogens is 190 g/mol. The van der Waals surface area contributed by atoms with Gasteiger partial charge in [0.25, 0.3) is 0 Å². The van der Waals surface area contributed by atoms with Crippen LogP contribution in [0.4, 0.5) is 0 Å². The van der Waals surface area contributed by atoms with Crippen molar-refractivity contribution in [1.82, 2.24) is 24.9 Å². The first-order valence-electron chi connectivity index (χ1n) is 3.44. The highest BCUT2D eigenvalue weighted by molar-refractivity contribution is 5.04. The lowest BCUT2D eigenvalue weighted by Gasteiger charge is -1.90. The molecule has 0 amide bonds. The van der Waals surface area contributed by atoms with Gasteiger partial charge in [-0.25, -0.2) is 4.98 Å². The van der Waals surface area contributed by atoms with Crippen LogP contribution in [0.15, 0.2) is 18.7 Å². The Bertz CT molecular complexity index is 309. The molecule has 0 radical (unpaired) electrons. The van der Waals surface area contributed by atoms with Crippen molar-refractivity contribution in [2.45, 2.75) is 0 Å². The Morgan fingerprint density at radius 2 is 1.43 bits per heavy atom. The summed E-state index contributed by atoms with van der Waals surface area (Å²) >= 11 is 0. The lowest BCUT2D eigenvalue weighted by atomic mass is 10.9. The van der Waals surface area contributed by atoms with Gasteiger partial charge >= 0.3 is 18.0 Å². The third-order valence-electron chi connectivity index (χ3n) is 1.01. The zero-order valence-corrected chi connectivity index (χ0v) is 6.86. The molecule has 0 saturated heterocycles. The fourth-order valence-corrected chi connectivity index (χ4v) is 0.558. The van der Waals surface area contributed by atoms with Gasteiger partial charge in [-0.3, -0.25) is 0 Å². The molecule has 0 spiro atoms. The van der Waals surface area contributed by atoms with E-state index < -0.39 is 18.0 Å². The van der Waals surface area contributed by atoms with Crippen molar-refractivity contribution < 1.29 is 15.3 Å². The minimum absolute atomic E-state index is 0.708. The Balaban J connectivity index is 0.000000165. The van der Waals surface area contributed by atoms with Crippen LogP contribution in [0.25, 0.3) is 0 Å². The zero-order chi connectivity index (χ0) is 10.4. The van der Waals surface area contributed by atoms with Gasteiger partial charge in [-0.05, 0) is 0 Å². The number of hydrogen-bond acceptors (Lipinski definition) is 7. The van der Waals surface area contributed by atoms with Crippen LogP contribution in [0.2, 0.25) is 0 Å². The van der Waals surface area contributed by atoms with Gasteiger partial charge in [-0.1, -0.05) is 0 Å². The van der Waals surface area contributed by atoms with E-state index in [9.17, 15) is 0 Å². The molecule has 2 aromatic rings. The Morgan fingerprint density at radius 3 is 1.64 bits per heavy atom. The molecule has 0 atom stereocenters. The highest BCUT2D eigenvalue weighted by atomic mass is 16.3. The molecule has 2 heterocycles. The van der Waals surface area contributed by atoms with Crippen molar-refractivity contribution in [3.63, 3.8) is 0 Å². The molecule has 0 aliphatic rings. The Kier molecular flexibility index (Phi) is 3.19. The molecule has 0 bridgehead atoms. The molecule has 0 saturated carbocycles. The number of H-pyrrole nitrogens is 1. The fourth-order valence-electron chi connectivity index (χ4n) is 0.558. The summed E-state index contributed by atoms with van der Waals surface area (Å²) in [7, 11) is 0. The standard InChI is InChI=1S/C3H3N3O3.C3H4N2/c7-1-4-2(8)6-3(9)5-1;1-2-5-3-4-1/h(H3,4,5,6,7,8,9);1-3H,(H,4,5). The van der Waals surface area contributed by atoms with Crippen LogP contribution >= 0.6 is 0 Å². The minimum atomic E-state index is -0.708. The maximum atomic E-state index is 8.41. The van der Waals surface area contributed by atoms with Crippen molar-refractivity contribution in [2.75, 3.05) is 0 Å². The first kappa shape index (κ1) is 9.71. The SMILES string of the molecule is Oc1nc(O)nc(O)n1.c1c[nH]cn1. The fraction of sp³-hybridized carbons (Fsp3) is 0. The van der Waals surface area contributed by atoms with Crippen LogP contribution < -0.4 is 0 Å². The molecule has 0 aliphatic carbocycles. The summed E-state index contributed by atoms with van der Waals surface area (Å²) in [6.45, 7) is 0. The van der Waals surface area contributed by atoms with Crippen LogP contribution in [0.3, 0.4) is 0 Å². The van der Waals surface area contributed by atoms with E-state index in [1.54, 1.807) is 18.7 Å². The van der Waals surface area contributed by atoms with E-state index in [0.29, 0.717) is 0 Å². The molecule has 2 aromatic heterocycles. The highest BCUT2D eigenvalue weighted by Crippen LogP contribution is 2.08.